The van der Waals surface area contributed by atoms with Gasteiger partial charge in [0.1, 0.15) is 0 Å². The van der Waals surface area contributed by atoms with Crippen molar-refractivity contribution in [2.24, 2.45) is 5.92 Å². The molecule has 3 rings (SSSR count). The van der Waals surface area contributed by atoms with E-state index in [2.05, 4.69) is 0 Å². The zero-order valence-electron chi connectivity index (χ0n) is 11.0. The van der Waals surface area contributed by atoms with Crippen molar-refractivity contribution in [3.8, 4) is 0 Å². The number of amides is 1. The number of likely N-dealkylation sites (tertiary alicyclic amines) is 1. The van der Waals surface area contributed by atoms with E-state index in [4.69, 9.17) is 9.84 Å². The first kappa shape index (κ1) is 12.6. The Hall–Kier alpha value is -1.39. The lowest BCUT2D eigenvalue weighted by molar-refractivity contribution is 0.0784. The summed E-state index contributed by atoms with van der Waals surface area (Å²) in [6.45, 7) is 3.06. The summed E-state index contributed by atoms with van der Waals surface area (Å²) in [5.74, 6) is 0.557. The molecule has 0 aliphatic carbocycles. The van der Waals surface area contributed by atoms with Crippen LogP contribution in [0.3, 0.4) is 0 Å². The Bertz CT molecular complexity index is 486. The average Bonchev–Trinajstić information content (AvgIpc) is 3.05. The molecule has 4 nitrogen and oxygen atoms in total. The summed E-state index contributed by atoms with van der Waals surface area (Å²) in [5.41, 5.74) is 3.09. The second kappa shape index (κ2) is 5.31. The molecule has 2 aliphatic heterocycles. The molecule has 1 amide bonds. The monoisotopic (exact) mass is 261 g/mol. The van der Waals surface area contributed by atoms with Crippen LogP contribution in [0.15, 0.2) is 18.2 Å². The van der Waals surface area contributed by atoms with Crippen molar-refractivity contribution in [1.82, 2.24) is 4.90 Å². The van der Waals surface area contributed by atoms with Gasteiger partial charge in [0, 0.05) is 25.3 Å². The number of nitrogens with zero attached hydrogens (tertiary/aromatic N) is 1. The van der Waals surface area contributed by atoms with E-state index in [1.165, 1.54) is 5.56 Å². The highest BCUT2D eigenvalue weighted by Crippen LogP contribution is 2.24. The third-order valence-corrected chi connectivity index (χ3v) is 4.08. The van der Waals surface area contributed by atoms with Gasteiger partial charge in [-0.2, -0.15) is 0 Å². The molecular weight excluding hydrogens is 242 g/mol. The van der Waals surface area contributed by atoms with Crippen molar-refractivity contribution in [2.45, 2.75) is 26.1 Å². The van der Waals surface area contributed by atoms with Gasteiger partial charge in [-0.3, -0.25) is 4.79 Å². The third kappa shape index (κ3) is 2.51. The third-order valence-electron chi connectivity index (χ3n) is 4.08. The van der Waals surface area contributed by atoms with Crippen molar-refractivity contribution in [2.75, 3.05) is 19.7 Å². The van der Waals surface area contributed by atoms with E-state index >= 15 is 0 Å². The van der Waals surface area contributed by atoms with Gasteiger partial charge in [0.2, 0.25) is 0 Å². The van der Waals surface area contributed by atoms with Crippen molar-refractivity contribution >= 4 is 5.91 Å². The molecule has 19 heavy (non-hydrogen) atoms. The number of aliphatic hydroxyl groups excluding tert-OH is 1. The molecule has 4 heteroatoms. The Balaban J connectivity index is 1.71. The zero-order chi connectivity index (χ0) is 13.2. The number of hydrogen-bond donors (Lipinski definition) is 1. The lowest BCUT2D eigenvalue weighted by Crippen LogP contribution is -2.28. The van der Waals surface area contributed by atoms with Crippen molar-refractivity contribution in [3.05, 3.63) is 34.9 Å². The molecule has 0 saturated carbocycles. The Morgan fingerprint density at radius 3 is 3.05 bits per heavy atom. The van der Waals surface area contributed by atoms with E-state index in [0.717, 1.165) is 37.1 Å². The van der Waals surface area contributed by atoms with E-state index in [1.807, 2.05) is 23.1 Å². The fourth-order valence-corrected chi connectivity index (χ4v) is 2.92. The Morgan fingerprint density at radius 2 is 2.21 bits per heavy atom. The fourth-order valence-electron chi connectivity index (χ4n) is 2.92. The van der Waals surface area contributed by atoms with E-state index in [1.54, 1.807) is 0 Å². The van der Waals surface area contributed by atoms with Crippen LogP contribution in [0.4, 0.5) is 0 Å². The SMILES string of the molecule is O=C(c1ccc2c(c1)COC2)N1CCC(CCO)C1. The number of carbonyl (C=O) groups is 1. The van der Waals surface area contributed by atoms with Gasteiger partial charge in [-0.1, -0.05) is 6.07 Å². The molecule has 1 saturated heterocycles. The van der Waals surface area contributed by atoms with Gasteiger partial charge in [-0.05, 0) is 42.0 Å². The molecule has 1 aromatic rings. The van der Waals surface area contributed by atoms with Crippen LogP contribution in [-0.4, -0.2) is 35.6 Å². The van der Waals surface area contributed by atoms with Crippen LogP contribution >= 0.6 is 0 Å². The molecule has 1 fully saturated rings. The smallest absolute Gasteiger partial charge is 0.253 e. The Morgan fingerprint density at radius 1 is 1.37 bits per heavy atom. The molecule has 1 N–H and O–H groups in total. The van der Waals surface area contributed by atoms with Crippen molar-refractivity contribution in [1.29, 1.82) is 0 Å². The van der Waals surface area contributed by atoms with Gasteiger partial charge in [0.05, 0.1) is 13.2 Å². The van der Waals surface area contributed by atoms with Crippen LogP contribution in [0.25, 0.3) is 0 Å². The highest BCUT2D eigenvalue weighted by atomic mass is 16.5. The molecule has 102 valence electrons. The second-order valence-corrected chi connectivity index (χ2v) is 5.39. The fraction of sp³-hybridized carbons (Fsp3) is 0.533. The van der Waals surface area contributed by atoms with E-state index in [9.17, 15) is 4.79 Å². The highest BCUT2D eigenvalue weighted by Gasteiger charge is 2.27. The summed E-state index contributed by atoms with van der Waals surface area (Å²) in [6, 6.07) is 5.86. The molecule has 1 aromatic carbocycles. The molecule has 1 unspecified atom stereocenters. The summed E-state index contributed by atoms with van der Waals surface area (Å²) < 4.78 is 5.37. The quantitative estimate of drug-likeness (QED) is 0.898. The summed E-state index contributed by atoms with van der Waals surface area (Å²) in [5, 5.41) is 8.96. The lowest BCUT2D eigenvalue weighted by atomic mass is 10.1. The van der Waals surface area contributed by atoms with Crippen LogP contribution in [0.1, 0.15) is 34.3 Å². The Kier molecular flexibility index (Phi) is 3.53. The second-order valence-electron chi connectivity index (χ2n) is 5.39. The molecular formula is C15H19NO3. The average molecular weight is 261 g/mol. The zero-order valence-corrected chi connectivity index (χ0v) is 11.0. The molecule has 0 bridgehead atoms. The molecule has 0 aromatic heterocycles. The van der Waals surface area contributed by atoms with Crippen LogP contribution < -0.4 is 0 Å². The minimum absolute atomic E-state index is 0.107. The number of hydrogen-bond acceptors (Lipinski definition) is 3. The first-order chi connectivity index (χ1) is 9.28. The maximum absolute atomic E-state index is 12.4. The molecule has 0 spiro atoms. The number of benzene rings is 1. The first-order valence-corrected chi connectivity index (χ1v) is 6.87. The van der Waals surface area contributed by atoms with Gasteiger partial charge in [0.15, 0.2) is 0 Å². The van der Waals surface area contributed by atoms with Crippen LogP contribution in [0.2, 0.25) is 0 Å². The normalized spacial score (nSPS) is 21.7. The molecule has 2 heterocycles. The first-order valence-electron chi connectivity index (χ1n) is 6.87. The predicted molar refractivity (Wildman–Crippen MR) is 70.6 cm³/mol. The molecule has 0 radical (unpaired) electrons. The standard InChI is InChI=1S/C15H19NO3/c17-6-4-11-3-5-16(8-11)15(18)12-1-2-13-9-19-10-14(13)7-12/h1-2,7,11,17H,3-6,8-10H2. The maximum Gasteiger partial charge on any atom is 0.253 e. The Labute approximate surface area is 113 Å². The van der Waals surface area contributed by atoms with Gasteiger partial charge in [0.25, 0.3) is 5.91 Å². The number of rotatable bonds is 3. The predicted octanol–water partition coefficient (Wildman–Crippen LogP) is 1.56. The van der Waals surface area contributed by atoms with Crippen LogP contribution in [-0.2, 0) is 18.0 Å². The number of ether oxygens (including phenoxy) is 1. The van der Waals surface area contributed by atoms with Crippen LogP contribution in [0, 0.1) is 5.92 Å². The molecule has 2 aliphatic rings. The number of fused-ring (bicyclic) bond motifs is 1. The minimum Gasteiger partial charge on any atom is -0.396 e. The van der Waals surface area contributed by atoms with E-state index in [0.29, 0.717) is 19.1 Å². The summed E-state index contributed by atoms with van der Waals surface area (Å²) in [6.07, 6.45) is 1.79. The van der Waals surface area contributed by atoms with Gasteiger partial charge in [-0.15, -0.1) is 0 Å². The van der Waals surface area contributed by atoms with Gasteiger partial charge in [-0.25, -0.2) is 0 Å². The van der Waals surface area contributed by atoms with Crippen LogP contribution in [0.5, 0.6) is 0 Å². The molecule has 1 atom stereocenters. The largest absolute Gasteiger partial charge is 0.396 e. The number of carbonyl (C=O) groups excluding carboxylic acids is 1. The highest BCUT2D eigenvalue weighted by molar-refractivity contribution is 5.94. The van der Waals surface area contributed by atoms with E-state index < -0.39 is 0 Å². The topological polar surface area (TPSA) is 49.8 Å². The minimum atomic E-state index is 0.107. The van der Waals surface area contributed by atoms with Crippen molar-refractivity contribution in [3.63, 3.8) is 0 Å². The summed E-state index contributed by atoms with van der Waals surface area (Å²) in [7, 11) is 0. The van der Waals surface area contributed by atoms with Crippen molar-refractivity contribution < 1.29 is 14.6 Å². The summed E-state index contributed by atoms with van der Waals surface area (Å²) in [4.78, 5) is 14.3. The van der Waals surface area contributed by atoms with Gasteiger partial charge >= 0.3 is 0 Å². The maximum atomic E-state index is 12.4. The van der Waals surface area contributed by atoms with E-state index in [-0.39, 0.29) is 12.5 Å². The van der Waals surface area contributed by atoms with Gasteiger partial charge < -0.3 is 14.7 Å². The lowest BCUT2D eigenvalue weighted by Gasteiger charge is -2.17. The summed E-state index contributed by atoms with van der Waals surface area (Å²) >= 11 is 0. The number of aliphatic hydroxyl groups is 1.